The van der Waals surface area contributed by atoms with Crippen LogP contribution in [-0.2, 0) is 0 Å². The molecule has 0 amide bonds. The summed E-state index contributed by atoms with van der Waals surface area (Å²) in [6.07, 6.45) is 0. The Bertz CT molecular complexity index is 4500. The van der Waals surface area contributed by atoms with Gasteiger partial charge in [0.15, 0.2) is 0 Å². The quantitative estimate of drug-likeness (QED) is 0.173. The van der Waals surface area contributed by atoms with E-state index in [-0.39, 0.29) is 0 Å². The molecule has 0 aliphatic heterocycles. The Kier molecular flexibility index (Phi) is 2.58. The van der Waals surface area contributed by atoms with Gasteiger partial charge in [0, 0.05) is 32.9 Å². The number of hydrogen-bond donors (Lipinski definition) is 0. The molecule has 0 atom stereocenters. The molecule has 0 spiro atoms. The van der Waals surface area contributed by atoms with Crippen molar-refractivity contribution in [1.29, 1.82) is 0 Å². The fourth-order valence-corrected chi connectivity index (χ4v) is 5.70. The van der Waals surface area contributed by atoms with Gasteiger partial charge in [0.25, 0.3) is 0 Å². The minimum atomic E-state index is -1.15. The number of nitrogens with zero attached hydrogens (tertiary/aromatic N) is 2. The number of aromatic nitrogens is 2. The number of rotatable bonds is 5. The highest BCUT2D eigenvalue weighted by atomic mass is 15.0. The van der Waals surface area contributed by atoms with Gasteiger partial charge < -0.3 is 9.13 Å². The van der Waals surface area contributed by atoms with E-state index in [0.29, 0.717) is 4.57 Å². The third-order valence-electron chi connectivity index (χ3n) is 7.80. The Balaban J connectivity index is 1.45. The molecular weight excluding hydrogens is 605 g/mol. The van der Waals surface area contributed by atoms with E-state index in [2.05, 4.69) is 0 Å². The minimum Gasteiger partial charge on any atom is -0.309 e. The summed E-state index contributed by atoms with van der Waals surface area (Å²) in [5.74, 6) is 0. The van der Waals surface area contributed by atoms with E-state index in [9.17, 15) is 15.1 Å². The van der Waals surface area contributed by atoms with Crippen molar-refractivity contribution in [3.05, 3.63) is 193 Å². The molecule has 0 saturated heterocycles. The van der Waals surface area contributed by atoms with Crippen molar-refractivity contribution in [1.82, 2.24) is 9.13 Å². The van der Waals surface area contributed by atoms with Gasteiger partial charge in [-0.25, -0.2) is 0 Å². The second-order valence-electron chi connectivity index (χ2n) is 10.6. The first kappa shape index (κ1) is 11.2. The molecule has 10 aromatic rings. The predicted octanol–water partition coefficient (Wildman–Crippen LogP) is 12.9. The van der Waals surface area contributed by atoms with Crippen molar-refractivity contribution in [3.8, 4) is 44.8 Å². The lowest BCUT2D eigenvalue weighted by atomic mass is 9.98. The molecule has 2 heteroatoms. The summed E-state index contributed by atoms with van der Waals surface area (Å²) in [6, 6.07) is -28.9. The minimum absolute atomic E-state index is 0.476. The molecule has 0 fully saturated rings. The molecule has 0 unspecified atom stereocenters. The summed E-state index contributed by atoms with van der Waals surface area (Å²) >= 11 is 0. The van der Waals surface area contributed by atoms with Gasteiger partial charge in [-0.3, -0.25) is 0 Å². The van der Waals surface area contributed by atoms with Crippen LogP contribution in [0.25, 0.3) is 88.4 Å². The average molecular weight is 668 g/mol. The van der Waals surface area contributed by atoms with E-state index in [0.717, 1.165) is 10.6 Å². The molecule has 2 heterocycles. The second-order valence-corrected chi connectivity index (χ2v) is 10.6. The van der Waals surface area contributed by atoms with Crippen molar-refractivity contribution in [2.75, 3.05) is 0 Å². The van der Waals surface area contributed by atoms with Crippen LogP contribution in [0.2, 0.25) is 0 Å². The first-order valence-electron chi connectivity index (χ1n) is 30.2. The van der Waals surface area contributed by atoms with Crippen molar-refractivity contribution in [2.45, 2.75) is 0 Å². The molecule has 234 valence electrons. The van der Waals surface area contributed by atoms with Gasteiger partial charge in [-0.1, -0.05) is 127 Å². The van der Waals surface area contributed by atoms with Crippen LogP contribution in [0.15, 0.2) is 193 Å². The molecule has 50 heavy (non-hydrogen) atoms. The normalized spacial score (nSPS) is 20.3. The SMILES string of the molecule is [2H]c1cc(-n2c3c([2H])c([2H])c([2H])c([2H])c3c3c([2H])c(-c4c([2H])c([2H])c5c(c4[2H])c4c([2H])c([2H])c([2H])c([2H])c4n5-c4c([2H])c(-c5c([2H])c([2H])c([2H])c([2H])c5[2H])c([2H])c(-c5c([2H])c([2H])c([2H])c([2H])c5[2H])c4[2H])c([2H])c([2H])c32)c([2H])c([2H])c1[2H]. The van der Waals surface area contributed by atoms with Crippen LogP contribution in [0.1, 0.15) is 42.5 Å². The van der Waals surface area contributed by atoms with Crippen LogP contribution >= 0.6 is 0 Å². The summed E-state index contributed by atoms with van der Waals surface area (Å²) in [5.41, 5.74) is -9.56. The van der Waals surface area contributed by atoms with Gasteiger partial charge in [-0.15, -0.1) is 0 Å². The van der Waals surface area contributed by atoms with Crippen LogP contribution in [0.5, 0.6) is 0 Å². The fourth-order valence-electron chi connectivity index (χ4n) is 5.70. The standard InChI is InChI=1S/C48H32N2/c1-4-14-33(15-5-1)37-28-38(34-16-6-2-7-17-34)30-40(29-37)50-46-23-13-11-21-42(46)44-32-36(25-27-48(44)50)35-24-26-47-43(31-35)41-20-10-12-22-45(41)49(47)39-18-8-3-9-19-39/h1-32H/i1D,2D,3D,4D,5D,6D,7D,8D,9D,10D,11D,12D,13D,14D,15D,16D,17D,18D,20D,21D,22D,23D,24D,25D,26D,27D,28D,29D,30D,31D,32D. The summed E-state index contributed by atoms with van der Waals surface area (Å²) in [7, 11) is 0. The third kappa shape index (κ3) is 4.57. The Morgan fingerprint density at radius 1 is 0.280 bits per heavy atom. The van der Waals surface area contributed by atoms with E-state index in [1.165, 1.54) is 0 Å². The lowest BCUT2D eigenvalue weighted by molar-refractivity contribution is 1.18. The number of para-hydroxylation sites is 3. The fraction of sp³-hybridized carbons (Fsp3) is 0. The molecule has 2 nitrogen and oxygen atoms in total. The van der Waals surface area contributed by atoms with Crippen LogP contribution in [0.4, 0.5) is 0 Å². The van der Waals surface area contributed by atoms with Crippen LogP contribution in [-0.4, -0.2) is 9.13 Å². The van der Waals surface area contributed by atoms with E-state index in [1.807, 2.05) is 0 Å². The lowest BCUT2D eigenvalue weighted by Crippen LogP contribution is -1.96. The number of fused-ring (bicyclic) bond motifs is 6. The number of hydrogen-bond acceptors (Lipinski definition) is 0. The summed E-state index contributed by atoms with van der Waals surface area (Å²) in [4.78, 5) is 0. The topological polar surface area (TPSA) is 9.86 Å². The largest absolute Gasteiger partial charge is 0.309 e. The number of benzene rings is 8. The molecule has 2 aromatic heterocycles. The molecular formula is C48H32N2. The predicted molar refractivity (Wildman–Crippen MR) is 211 cm³/mol. The summed E-state index contributed by atoms with van der Waals surface area (Å²) in [6.45, 7) is 0. The molecule has 10 rings (SSSR count). The van der Waals surface area contributed by atoms with Gasteiger partial charge in [0.05, 0.1) is 64.6 Å². The van der Waals surface area contributed by atoms with E-state index in [1.54, 1.807) is 0 Å². The molecule has 8 aromatic carbocycles. The summed E-state index contributed by atoms with van der Waals surface area (Å²) in [5, 5.41) is -2.52. The molecule has 0 saturated carbocycles. The van der Waals surface area contributed by atoms with E-state index < -0.39 is 276 Å². The lowest BCUT2D eigenvalue weighted by Gasteiger charge is -2.14. The maximum Gasteiger partial charge on any atom is 0.0651 e. The smallest absolute Gasteiger partial charge is 0.0651 e. The van der Waals surface area contributed by atoms with Crippen molar-refractivity contribution in [2.24, 2.45) is 0 Å². The molecule has 0 aliphatic rings. The van der Waals surface area contributed by atoms with Crippen LogP contribution in [0.3, 0.4) is 0 Å². The average Bonchev–Trinajstić information content (AvgIpc) is 4.11. The highest BCUT2D eigenvalue weighted by Gasteiger charge is 2.17. The monoisotopic (exact) mass is 667 g/mol. The van der Waals surface area contributed by atoms with Gasteiger partial charge in [0.1, 0.15) is 0 Å². The van der Waals surface area contributed by atoms with Gasteiger partial charge >= 0.3 is 0 Å². The first-order chi connectivity index (χ1) is 37.7. The highest BCUT2D eigenvalue weighted by Crippen LogP contribution is 2.39. The maximum absolute atomic E-state index is 9.96. The van der Waals surface area contributed by atoms with Crippen molar-refractivity contribution in [3.63, 3.8) is 0 Å². The second kappa shape index (κ2) is 11.5. The Hall–Kier alpha value is -6.64. The molecule has 0 N–H and O–H groups in total. The molecule has 0 radical (unpaired) electrons. The Morgan fingerprint density at radius 3 is 1.28 bits per heavy atom. The zero-order valence-electron chi connectivity index (χ0n) is 56.0. The van der Waals surface area contributed by atoms with Gasteiger partial charge in [-0.05, 0) is 99.9 Å². The summed E-state index contributed by atoms with van der Waals surface area (Å²) < 4.78 is 280. The van der Waals surface area contributed by atoms with Gasteiger partial charge in [0.2, 0.25) is 0 Å². The zero-order valence-corrected chi connectivity index (χ0v) is 25.0. The maximum atomic E-state index is 9.96. The molecule has 0 aliphatic carbocycles. The highest BCUT2D eigenvalue weighted by molar-refractivity contribution is 6.12. The van der Waals surface area contributed by atoms with Crippen LogP contribution < -0.4 is 0 Å². The van der Waals surface area contributed by atoms with Crippen LogP contribution in [0, 0.1) is 0 Å². The van der Waals surface area contributed by atoms with E-state index in [4.69, 9.17) is 27.4 Å². The zero-order chi connectivity index (χ0) is 60.0. The van der Waals surface area contributed by atoms with Crippen molar-refractivity contribution < 1.29 is 42.5 Å². The third-order valence-corrected chi connectivity index (χ3v) is 7.80. The van der Waals surface area contributed by atoms with Crippen molar-refractivity contribution >= 4 is 43.6 Å². The first-order valence-corrected chi connectivity index (χ1v) is 14.7. The van der Waals surface area contributed by atoms with E-state index >= 15 is 0 Å². The Morgan fingerprint density at radius 2 is 0.720 bits per heavy atom. The van der Waals surface area contributed by atoms with Gasteiger partial charge in [-0.2, -0.15) is 0 Å². The molecule has 0 bridgehead atoms. The Labute approximate surface area is 334 Å².